The van der Waals surface area contributed by atoms with Crippen LogP contribution in [0.4, 0.5) is 0 Å². The number of benzene rings is 1. The topological polar surface area (TPSA) is 85.8 Å². The minimum absolute atomic E-state index is 0. The van der Waals surface area contributed by atoms with Crippen molar-refractivity contribution in [1.82, 2.24) is 16.0 Å². The fraction of sp³-hybridized carbons (Fsp3) is 0.294. The van der Waals surface area contributed by atoms with Gasteiger partial charge < -0.3 is 21.1 Å². The van der Waals surface area contributed by atoms with Gasteiger partial charge in [-0.1, -0.05) is 12.1 Å². The Morgan fingerprint density at radius 1 is 1.16 bits per heavy atom. The Morgan fingerprint density at radius 3 is 2.60 bits per heavy atom. The zero-order valence-corrected chi connectivity index (χ0v) is 17.1. The standard InChI is InChI=1S/C17H22N4O2S.HI/c1-2-18-17(21-11-13-7-10-24-12-13)20-9-8-19-16(23)14-5-3-4-6-15(14)22;/h3-7,10,12,22H,2,8-9,11H2,1H3,(H,19,23)(H2,18,20,21);1H. The minimum Gasteiger partial charge on any atom is -0.507 e. The molecule has 6 nitrogen and oxygen atoms in total. The zero-order valence-electron chi connectivity index (χ0n) is 14.0. The lowest BCUT2D eigenvalue weighted by atomic mass is 10.2. The van der Waals surface area contributed by atoms with Crippen molar-refractivity contribution in [2.75, 3.05) is 19.6 Å². The Morgan fingerprint density at radius 2 is 1.92 bits per heavy atom. The maximum absolute atomic E-state index is 12.0. The van der Waals surface area contributed by atoms with Gasteiger partial charge in [-0.2, -0.15) is 11.3 Å². The minimum atomic E-state index is -0.296. The van der Waals surface area contributed by atoms with E-state index >= 15 is 0 Å². The summed E-state index contributed by atoms with van der Waals surface area (Å²) in [7, 11) is 0. The molecule has 0 bridgehead atoms. The first-order valence-electron chi connectivity index (χ1n) is 7.80. The molecule has 1 heterocycles. The molecular formula is C17H23IN4O2S. The van der Waals surface area contributed by atoms with Gasteiger partial charge in [0.05, 0.1) is 12.1 Å². The van der Waals surface area contributed by atoms with Crippen LogP contribution in [0.3, 0.4) is 0 Å². The van der Waals surface area contributed by atoms with Crippen LogP contribution in [0.1, 0.15) is 22.8 Å². The zero-order chi connectivity index (χ0) is 17.2. The third-order valence-corrected chi connectivity index (χ3v) is 3.93. The number of halogens is 1. The summed E-state index contributed by atoms with van der Waals surface area (Å²) in [5, 5.41) is 22.8. The summed E-state index contributed by atoms with van der Waals surface area (Å²) in [6.07, 6.45) is 0. The Labute approximate surface area is 168 Å². The Kier molecular flexibility index (Phi) is 9.93. The highest BCUT2D eigenvalue weighted by atomic mass is 127. The van der Waals surface area contributed by atoms with Crippen LogP contribution in [0.15, 0.2) is 46.1 Å². The number of hydrogen-bond donors (Lipinski definition) is 4. The summed E-state index contributed by atoms with van der Waals surface area (Å²) >= 11 is 1.65. The van der Waals surface area contributed by atoms with E-state index in [0.29, 0.717) is 25.6 Å². The average molecular weight is 474 g/mol. The van der Waals surface area contributed by atoms with Gasteiger partial charge in [-0.05, 0) is 41.4 Å². The van der Waals surface area contributed by atoms with E-state index in [9.17, 15) is 9.90 Å². The number of hydrogen-bond acceptors (Lipinski definition) is 4. The van der Waals surface area contributed by atoms with Crippen molar-refractivity contribution in [2.45, 2.75) is 13.5 Å². The van der Waals surface area contributed by atoms with E-state index in [1.807, 2.05) is 18.4 Å². The molecule has 0 saturated carbocycles. The van der Waals surface area contributed by atoms with Crippen LogP contribution < -0.4 is 16.0 Å². The molecule has 2 aromatic rings. The van der Waals surface area contributed by atoms with Crippen LogP contribution in [0.2, 0.25) is 0 Å². The van der Waals surface area contributed by atoms with Crippen molar-refractivity contribution in [3.8, 4) is 5.75 Å². The van der Waals surface area contributed by atoms with E-state index in [4.69, 9.17) is 0 Å². The van der Waals surface area contributed by atoms with Crippen LogP contribution in [-0.4, -0.2) is 36.6 Å². The number of phenolic OH excluding ortho intramolecular Hbond substituents is 1. The maximum atomic E-state index is 12.0. The monoisotopic (exact) mass is 474 g/mol. The summed E-state index contributed by atoms with van der Waals surface area (Å²) < 4.78 is 0. The molecule has 2 rings (SSSR count). The molecule has 0 aliphatic rings. The summed E-state index contributed by atoms with van der Waals surface area (Å²) in [5.74, 6) is 0.393. The largest absolute Gasteiger partial charge is 0.507 e. The van der Waals surface area contributed by atoms with Crippen LogP contribution in [0.5, 0.6) is 5.75 Å². The molecule has 0 saturated heterocycles. The number of rotatable bonds is 7. The Balaban J connectivity index is 0.00000312. The maximum Gasteiger partial charge on any atom is 0.255 e. The van der Waals surface area contributed by atoms with Crippen molar-refractivity contribution in [3.05, 3.63) is 52.2 Å². The number of phenols is 1. The quantitative estimate of drug-likeness (QED) is 0.215. The van der Waals surface area contributed by atoms with Crippen molar-refractivity contribution < 1.29 is 9.90 Å². The van der Waals surface area contributed by atoms with Gasteiger partial charge in [0.1, 0.15) is 5.75 Å². The number of guanidine groups is 1. The number of nitrogens with one attached hydrogen (secondary N) is 3. The SMILES string of the molecule is CCNC(=NCc1ccsc1)NCCNC(=O)c1ccccc1O.I. The lowest BCUT2D eigenvalue weighted by molar-refractivity contribution is 0.0951. The number of carbonyl (C=O) groups is 1. The van der Waals surface area contributed by atoms with Crippen LogP contribution in [-0.2, 0) is 6.54 Å². The second kappa shape index (κ2) is 11.7. The van der Waals surface area contributed by atoms with Crippen LogP contribution >= 0.6 is 35.3 Å². The van der Waals surface area contributed by atoms with Gasteiger partial charge in [-0.15, -0.1) is 24.0 Å². The number of carbonyl (C=O) groups excluding carboxylic acids is 1. The predicted molar refractivity (Wildman–Crippen MR) is 113 cm³/mol. The third kappa shape index (κ3) is 7.30. The van der Waals surface area contributed by atoms with Gasteiger partial charge in [-0.25, -0.2) is 4.99 Å². The van der Waals surface area contributed by atoms with Gasteiger partial charge in [0.25, 0.3) is 5.91 Å². The fourth-order valence-corrected chi connectivity index (χ4v) is 2.67. The van der Waals surface area contributed by atoms with Crippen LogP contribution in [0, 0.1) is 0 Å². The van der Waals surface area contributed by atoms with Crippen molar-refractivity contribution in [2.24, 2.45) is 4.99 Å². The van der Waals surface area contributed by atoms with E-state index in [1.165, 1.54) is 11.6 Å². The second-order valence-corrected chi connectivity index (χ2v) is 5.81. The molecule has 1 amide bonds. The normalized spacial score (nSPS) is 10.7. The van der Waals surface area contributed by atoms with Gasteiger partial charge in [0.2, 0.25) is 0 Å². The predicted octanol–water partition coefficient (Wildman–Crippen LogP) is 2.56. The molecule has 1 aromatic heterocycles. The van der Waals surface area contributed by atoms with Crippen molar-refractivity contribution in [3.63, 3.8) is 0 Å². The molecule has 0 aliphatic carbocycles. The number of thiophene rings is 1. The first-order valence-corrected chi connectivity index (χ1v) is 8.74. The van der Waals surface area contributed by atoms with Crippen molar-refractivity contribution in [1.29, 1.82) is 0 Å². The first kappa shape index (κ1) is 21.2. The highest BCUT2D eigenvalue weighted by Gasteiger charge is 2.09. The lowest BCUT2D eigenvalue weighted by Gasteiger charge is -2.12. The lowest BCUT2D eigenvalue weighted by Crippen LogP contribution is -2.41. The number of aliphatic imine (C=N–C) groups is 1. The summed E-state index contributed by atoms with van der Waals surface area (Å²) in [6, 6.07) is 8.52. The van der Waals surface area contributed by atoms with Crippen molar-refractivity contribution >= 4 is 47.2 Å². The molecular weight excluding hydrogens is 451 g/mol. The molecule has 8 heteroatoms. The summed E-state index contributed by atoms with van der Waals surface area (Å²) in [5.41, 5.74) is 1.44. The molecule has 0 aliphatic heterocycles. The van der Waals surface area contributed by atoms with Gasteiger partial charge in [0, 0.05) is 19.6 Å². The molecule has 25 heavy (non-hydrogen) atoms. The molecule has 0 atom stereocenters. The second-order valence-electron chi connectivity index (χ2n) is 5.03. The number of para-hydroxylation sites is 1. The van der Waals surface area contributed by atoms with E-state index in [1.54, 1.807) is 29.5 Å². The highest BCUT2D eigenvalue weighted by Crippen LogP contribution is 2.14. The Bertz CT molecular complexity index is 677. The molecule has 0 radical (unpaired) electrons. The van der Waals surface area contributed by atoms with E-state index in [2.05, 4.69) is 26.3 Å². The fourth-order valence-electron chi connectivity index (χ4n) is 2.01. The summed E-state index contributed by atoms with van der Waals surface area (Å²) in [6.45, 7) is 4.34. The van der Waals surface area contributed by atoms with Gasteiger partial charge >= 0.3 is 0 Å². The van der Waals surface area contributed by atoms with E-state index in [0.717, 1.165) is 6.54 Å². The Hall–Kier alpha value is -1.81. The molecule has 136 valence electrons. The van der Waals surface area contributed by atoms with E-state index < -0.39 is 0 Å². The van der Waals surface area contributed by atoms with E-state index in [-0.39, 0.29) is 41.2 Å². The number of aromatic hydroxyl groups is 1. The highest BCUT2D eigenvalue weighted by molar-refractivity contribution is 14.0. The number of amides is 1. The molecule has 0 spiro atoms. The molecule has 1 aromatic carbocycles. The van der Waals surface area contributed by atoms with Crippen LogP contribution in [0.25, 0.3) is 0 Å². The molecule has 0 fully saturated rings. The first-order chi connectivity index (χ1) is 11.7. The van der Waals surface area contributed by atoms with Gasteiger partial charge in [0.15, 0.2) is 5.96 Å². The summed E-state index contributed by atoms with van der Waals surface area (Å²) in [4.78, 5) is 16.5. The molecule has 4 N–H and O–H groups in total. The molecule has 0 unspecified atom stereocenters. The van der Waals surface area contributed by atoms with Gasteiger partial charge in [-0.3, -0.25) is 4.79 Å². The smallest absolute Gasteiger partial charge is 0.255 e. The average Bonchev–Trinajstić information content (AvgIpc) is 3.10. The third-order valence-electron chi connectivity index (χ3n) is 3.20. The number of nitrogens with zero attached hydrogens (tertiary/aromatic N) is 1.